The molecule has 1 rings (SSSR count). The first-order valence-corrected chi connectivity index (χ1v) is 2.38. The van der Waals surface area contributed by atoms with Gasteiger partial charge in [-0.15, -0.1) is 0 Å². The van der Waals surface area contributed by atoms with E-state index in [0.717, 1.165) is 5.56 Å². The van der Waals surface area contributed by atoms with Crippen LogP contribution in [0.1, 0.15) is 5.56 Å². The van der Waals surface area contributed by atoms with Gasteiger partial charge in [0.05, 0.1) is 0 Å². The van der Waals surface area contributed by atoms with Gasteiger partial charge in [-0.25, -0.2) is 0 Å². The molecule has 0 aliphatic heterocycles. The summed E-state index contributed by atoms with van der Waals surface area (Å²) in [4.78, 5) is 3.82. The highest BCUT2D eigenvalue weighted by molar-refractivity contribution is 5.43. The second-order valence-electron chi connectivity index (χ2n) is 1.45. The normalized spacial score (nSPS) is 8.50. The smallest absolute Gasteiger partial charge is 0.0273 e. The van der Waals surface area contributed by atoms with E-state index in [9.17, 15) is 0 Å². The van der Waals surface area contributed by atoms with Crippen LogP contribution in [0.3, 0.4) is 0 Å². The summed E-state index contributed by atoms with van der Waals surface area (Å²) >= 11 is 0. The van der Waals surface area contributed by atoms with Gasteiger partial charge in [-0.2, -0.15) is 0 Å². The molecule has 0 bridgehead atoms. The molecule has 0 N–H and O–H groups in total. The van der Waals surface area contributed by atoms with Crippen molar-refractivity contribution in [2.24, 2.45) is 0 Å². The Hall–Kier alpha value is -1.11. The van der Waals surface area contributed by atoms with Crippen molar-refractivity contribution in [2.45, 2.75) is 0 Å². The zero-order valence-electron chi connectivity index (χ0n) is 4.41. The standard InChI is InChI=1S/C7H6N/c1-2-7-3-5-8-6-4-7/h1-6H. The molecule has 0 fully saturated rings. The molecular weight excluding hydrogens is 98.1 g/mol. The molecule has 1 aromatic rings. The molecule has 0 amide bonds. The number of aromatic nitrogens is 1. The molecule has 0 aromatic carbocycles. The van der Waals surface area contributed by atoms with Crippen molar-refractivity contribution >= 4 is 6.08 Å². The van der Waals surface area contributed by atoms with E-state index in [-0.39, 0.29) is 0 Å². The molecule has 39 valence electrons. The largest absolute Gasteiger partial charge is 0.265 e. The van der Waals surface area contributed by atoms with E-state index in [0.29, 0.717) is 0 Å². The Labute approximate surface area is 48.7 Å². The van der Waals surface area contributed by atoms with Gasteiger partial charge >= 0.3 is 0 Å². The van der Waals surface area contributed by atoms with Gasteiger partial charge < -0.3 is 0 Å². The molecule has 1 heterocycles. The number of hydrogen-bond donors (Lipinski definition) is 0. The predicted molar refractivity (Wildman–Crippen MR) is 33.0 cm³/mol. The summed E-state index contributed by atoms with van der Waals surface area (Å²) in [5, 5.41) is 0. The molecule has 0 saturated heterocycles. The van der Waals surface area contributed by atoms with Gasteiger partial charge in [-0.3, -0.25) is 4.98 Å². The molecule has 8 heavy (non-hydrogen) atoms. The highest BCUT2D eigenvalue weighted by atomic mass is 14.6. The fourth-order valence-electron chi connectivity index (χ4n) is 0.475. The summed E-state index contributed by atoms with van der Waals surface area (Å²) in [6.45, 7) is 5.20. The molecule has 0 spiro atoms. The van der Waals surface area contributed by atoms with Gasteiger partial charge in [0.25, 0.3) is 0 Å². The molecule has 0 saturated carbocycles. The molecule has 1 aromatic heterocycles. The van der Waals surface area contributed by atoms with E-state index in [1.54, 1.807) is 18.5 Å². The van der Waals surface area contributed by atoms with Crippen LogP contribution in [0.5, 0.6) is 0 Å². The fraction of sp³-hybridized carbons (Fsp3) is 0. The number of rotatable bonds is 1. The monoisotopic (exact) mass is 104 g/mol. The van der Waals surface area contributed by atoms with Crippen LogP contribution in [0.25, 0.3) is 6.08 Å². The Morgan fingerprint density at radius 2 is 2.00 bits per heavy atom. The van der Waals surface area contributed by atoms with Crippen LogP contribution in [0.2, 0.25) is 0 Å². The van der Waals surface area contributed by atoms with Crippen molar-refractivity contribution in [3.05, 3.63) is 36.7 Å². The lowest BCUT2D eigenvalue weighted by Crippen LogP contribution is -1.69. The second-order valence-corrected chi connectivity index (χ2v) is 1.45. The summed E-state index contributed by atoms with van der Waals surface area (Å²) in [6.07, 6.45) is 4.96. The van der Waals surface area contributed by atoms with Crippen molar-refractivity contribution in [2.75, 3.05) is 0 Å². The van der Waals surface area contributed by atoms with Gasteiger partial charge in [0.15, 0.2) is 0 Å². The number of nitrogens with zero attached hydrogens (tertiary/aromatic N) is 1. The zero-order valence-corrected chi connectivity index (χ0v) is 4.41. The lowest BCUT2D eigenvalue weighted by molar-refractivity contribution is 1.32. The van der Waals surface area contributed by atoms with Crippen LogP contribution < -0.4 is 0 Å². The quantitative estimate of drug-likeness (QED) is 0.526. The van der Waals surface area contributed by atoms with Crippen molar-refractivity contribution in [1.82, 2.24) is 4.98 Å². The Morgan fingerprint density at radius 3 is 2.38 bits per heavy atom. The molecule has 0 aliphatic rings. The lowest BCUT2D eigenvalue weighted by Gasteiger charge is -1.84. The number of hydrogen-bond acceptors (Lipinski definition) is 1. The zero-order chi connectivity index (χ0) is 5.82. The average Bonchev–Trinajstić information content (AvgIpc) is 1.90. The predicted octanol–water partition coefficient (Wildman–Crippen LogP) is 1.53. The lowest BCUT2D eigenvalue weighted by atomic mass is 10.3. The molecular formula is C7H6N. The Kier molecular flexibility index (Phi) is 1.42. The minimum absolute atomic E-state index is 1.00. The highest BCUT2D eigenvalue weighted by Crippen LogP contribution is 1.94. The third kappa shape index (κ3) is 0.936. The van der Waals surface area contributed by atoms with E-state index in [4.69, 9.17) is 6.58 Å². The fourth-order valence-corrected chi connectivity index (χ4v) is 0.475. The van der Waals surface area contributed by atoms with Crippen molar-refractivity contribution in [3.8, 4) is 0 Å². The van der Waals surface area contributed by atoms with E-state index in [2.05, 4.69) is 4.98 Å². The third-order valence-corrected chi connectivity index (χ3v) is 0.899. The van der Waals surface area contributed by atoms with Crippen LogP contribution in [0, 0.1) is 6.58 Å². The summed E-state index contributed by atoms with van der Waals surface area (Å²) < 4.78 is 0. The van der Waals surface area contributed by atoms with Gasteiger partial charge in [0.1, 0.15) is 0 Å². The SMILES string of the molecule is [CH]=Cc1ccncc1. The van der Waals surface area contributed by atoms with Crippen LogP contribution in [0.15, 0.2) is 24.5 Å². The minimum atomic E-state index is 1.00. The molecule has 1 heteroatoms. The Bertz CT molecular complexity index is 167. The molecule has 0 unspecified atom stereocenters. The maximum atomic E-state index is 5.20. The minimum Gasteiger partial charge on any atom is -0.265 e. The van der Waals surface area contributed by atoms with Crippen molar-refractivity contribution in [3.63, 3.8) is 0 Å². The first kappa shape index (κ1) is 5.04. The first-order valence-electron chi connectivity index (χ1n) is 2.38. The third-order valence-electron chi connectivity index (χ3n) is 0.899. The summed E-state index contributed by atoms with van der Waals surface area (Å²) in [5.74, 6) is 0. The van der Waals surface area contributed by atoms with Crippen LogP contribution in [-0.2, 0) is 0 Å². The summed E-state index contributed by atoms with van der Waals surface area (Å²) in [5.41, 5.74) is 1.00. The van der Waals surface area contributed by atoms with E-state index in [1.165, 1.54) is 0 Å². The summed E-state index contributed by atoms with van der Waals surface area (Å²) in [6, 6.07) is 3.69. The van der Waals surface area contributed by atoms with Crippen LogP contribution >= 0.6 is 0 Å². The molecule has 1 radical (unpaired) electrons. The van der Waals surface area contributed by atoms with E-state index >= 15 is 0 Å². The first-order chi connectivity index (χ1) is 3.93. The van der Waals surface area contributed by atoms with Gasteiger partial charge in [0.2, 0.25) is 0 Å². The molecule has 0 aliphatic carbocycles. The van der Waals surface area contributed by atoms with Crippen molar-refractivity contribution in [1.29, 1.82) is 0 Å². The Balaban J connectivity index is 2.99. The van der Waals surface area contributed by atoms with E-state index < -0.39 is 0 Å². The Morgan fingerprint density at radius 1 is 1.38 bits per heavy atom. The second kappa shape index (κ2) is 2.26. The van der Waals surface area contributed by atoms with Crippen LogP contribution in [0.4, 0.5) is 0 Å². The van der Waals surface area contributed by atoms with E-state index in [1.807, 2.05) is 12.1 Å². The maximum Gasteiger partial charge on any atom is 0.0273 e. The maximum absolute atomic E-state index is 5.20. The topological polar surface area (TPSA) is 12.9 Å². The van der Waals surface area contributed by atoms with Crippen LogP contribution in [-0.4, -0.2) is 4.98 Å². The van der Waals surface area contributed by atoms with Gasteiger partial charge in [-0.1, -0.05) is 12.7 Å². The number of pyridine rings is 1. The van der Waals surface area contributed by atoms with Crippen molar-refractivity contribution < 1.29 is 0 Å². The van der Waals surface area contributed by atoms with Gasteiger partial charge in [-0.05, 0) is 17.7 Å². The molecule has 1 nitrogen and oxygen atoms in total. The average molecular weight is 104 g/mol. The highest BCUT2D eigenvalue weighted by Gasteiger charge is 1.76. The summed E-state index contributed by atoms with van der Waals surface area (Å²) in [7, 11) is 0. The van der Waals surface area contributed by atoms with Gasteiger partial charge in [0, 0.05) is 12.4 Å². The molecule has 0 atom stereocenters.